The summed E-state index contributed by atoms with van der Waals surface area (Å²) in [6, 6.07) is 11.6. The Morgan fingerprint density at radius 1 is 1.00 bits per heavy atom. The van der Waals surface area contributed by atoms with E-state index in [-0.39, 0.29) is 22.6 Å². The molecule has 35 heavy (non-hydrogen) atoms. The Bertz CT molecular complexity index is 1410. The Hall–Kier alpha value is -3.74. The molecule has 0 atom stereocenters. The number of hydrogen-bond donors (Lipinski definition) is 2. The molecule has 7 nitrogen and oxygen atoms in total. The average Bonchev–Trinajstić information content (AvgIpc) is 3.25. The van der Waals surface area contributed by atoms with Gasteiger partial charge in [0.05, 0.1) is 22.8 Å². The normalized spacial score (nSPS) is 12.2. The summed E-state index contributed by atoms with van der Waals surface area (Å²) in [6.45, 7) is 11.2. The number of nitrogens with one attached hydrogen (secondary N) is 2. The maximum absolute atomic E-state index is 13.0. The van der Waals surface area contributed by atoms with E-state index >= 15 is 0 Å². The van der Waals surface area contributed by atoms with E-state index in [0.717, 1.165) is 27.5 Å². The zero-order valence-corrected chi connectivity index (χ0v) is 21.3. The summed E-state index contributed by atoms with van der Waals surface area (Å²) in [5, 5.41) is 11.0. The molecule has 0 aliphatic heterocycles. The highest BCUT2D eigenvalue weighted by Gasteiger charge is 2.24. The lowest BCUT2D eigenvalue weighted by Gasteiger charge is -2.27. The average molecular weight is 472 g/mol. The summed E-state index contributed by atoms with van der Waals surface area (Å²) in [6.07, 6.45) is 6.04. The topological polar surface area (TPSA) is 88.4 Å². The molecule has 0 saturated heterocycles. The van der Waals surface area contributed by atoms with Gasteiger partial charge in [-0.05, 0) is 64.8 Å². The van der Waals surface area contributed by atoms with Crippen molar-refractivity contribution in [1.82, 2.24) is 25.2 Å². The molecule has 0 aliphatic carbocycles. The fourth-order valence-electron chi connectivity index (χ4n) is 4.36. The van der Waals surface area contributed by atoms with Gasteiger partial charge in [-0.1, -0.05) is 34.6 Å². The molecule has 3 aromatic heterocycles. The van der Waals surface area contributed by atoms with E-state index in [1.54, 1.807) is 30.0 Å². The highest BCUT2D eigenvalue weighted by Crippen LogP contribution is 2.32. The molecule has 2 amide bonds. The van der Waals surface area contributed by atoms with Crippen LogP contribution >= 0.6 is 0 Å². The number of rotatable bonds is 6. The number of carbonyl (C=O) groups excluding carboxylic acids is 2. The van der Waals surface area contributed by atoms with Crippen LogP contribution in [0.3, 0.4) is 0 Å². The largest absolute Gasteiger partial charge is 0.355 e. The van der Waals surface area contributed by atoms with Gasteiger partial charge >= 0.3 is 0 Å². The summed E-state index contributed by atoms with van der Waals surface area (Å²) >= 11 is 0. The van der Waals surface area contributed by atoms with Crippen LogP contribution in [0.2, 0.25) is 0 Å². The van der Waals surface area contributed by atoms with Crippen LogP contribution in [0.15, 0.2) is 55.0 Å². The molecule has 0 unspecified atom stereocenters. The highest BCUT2D eigenvalue weighted by molar-refractivity contribution is 6.01. The van der Waals surface area contributed by atoms with Crippen LogP contribution in [0.1, 0.15) is 72.9 Å². The fourth-order valence-corrected chi connectivity index (χ4v) is 4.36. The third-order valence-corrected chi connectivity index (χ3v) is 6.63. The molecular formula is C28H33N5O2. The molecule has 0 spiro atoms. The van der Waals surface area contributed by atoms with Crippen LogP contribution in [0, 0.1) is 0 Å². The van der Waals surface area contributed by atoms with Gasteiger partial charge < -0.3 is 10.6 Å². The first-order valence-corrected chi connectivity index (χ1v) is 11.9. The highest BCUT2D eigenvalue weighted by atomic mass is 16.2. The number of hydrogen-bond acceptors (Lipinski definition) is 4. The predicted molar refractivity (Wildman–Crippen MR) is 139 cm³/mol. The quantitative estimate of drug-likeness (QED) is 0.429. The van der Waals surface area contributed by atoms with Gasteiger partial charge in [0.2, 0.25) is 0 Å². The molecule has 182 valence electrons. The van der Waals surface area contributed by atoms with E-state index < -0.39 is 0 Å². The Balaban J connectivity index is 1.53. The first-order chi connectivity index (χ1) is 16.5. The Morgan fingerprint density at radius 2 is 1.77 bits per heavy atom. The second kappa shape index (κ2) is 9.13. The van der Waals surface area contributed by atoms with Crippen LogP contribution in [-0.4, -0.2) is 40.0 Å². The molecule has 4 rings (SSSR count). The van der Waals surface area contributed by atoms with Crippen molar-refractivity contribution in [1.29, 1.82) is 0 Å². The van der Waals surface area contributed by atoms with Crippen molar-refractivity contribution in [3.63, 3.8) is 0 Å². The van der Waals surface area contributed by atoms with Gasteiger partial charge in [-0.15, -0.1) is 0 Å². The number of pyridine rings is 2. The number of amides is 2. The van der Waals surface area contributed by atoms with E-state index in [9.17, 15) is 9.59 Å². The number of fused-ring (bicyclic) bond motifs is 2. The number of aromatic nitrogens is 3. The van der Waals surface area contributed by atoms with Gasteiger partial charge in [0, 0.05) is 36.9 Å². The zero-order chi connectivity index (χ0) is 25.4. The zero-order valence-electron chi connectivity index (χ0n) is 21.3. The van der Waals surface area contributed by atoms with Gasteiger partial charge in [-0.2, -0.15) is 5.10 Å². The number of benzene rings is 1. The first-order valence-electron chi connectivity index (χ1n) is 11.9. The fraction of sp³-hybridized carbons (Fsp3) is 0.357. The molecular weight excluding hydrogens is 438 g/mol. The van der Waals surface area contributed by atoms with Gasteiger partial charge in [-0.25, -0.2) is 4.52 Å². The van der Waals surface area contributed by atoms with E-state index in [2.05, 4.69) is 55.3 Å². The second-order valence-corrected chi connectivity index (χ2v) is 10.6. The summed E-state index contributed by atoms with van der Waals surface area (Å²) in [5.74, 6) is -0.266. The molecule has 2 N–H and O–H groups in total. The third kappa shape index (κ3) is 4.90. The van der Waals surface area contributed by atoms with Crippen LogP contribution < -0.4 is 10.6 Å². The van der Waals surface area contributed by atoms with Gasteiger partial charge in [0.25, 0.3) is 11.8 Å². The van der Waals surface area contributed by atoms with Crippen molar-refractivity contribution in [2.75, 3.05) is 13.6 Å². The van der Waals surface area contributed by atoms with E-state index in [4.69, 9.17) is 0 Å². The minimum atomic E-state index is -0.254. The maximum atomic E-state index is 13.0. The van der Waals surface area contributed by atoms with Crippen molar-refractivity contribution in [3.05, 3.63) is 77.2 Å². The lowest BCUT2D eigenvalue weighted by atomic mass is 9.79. The summed E-state index contributed by atoms with van der Waals surface area (Å²) in [7, 11) is 1.62. The molecule has 4 aromatic rings. The third-order valence-electron chi connectivity index (χ3n) is 6.63. The molecule has 3 heterocycles. The van der Waals surface area contributed by atoms with Crippen molar-refractivity contribution in [2.45, 2.75) is 51.9 Å². The van der Waals surface area contributed by atoms with Gasteiger partial charge in [0.15, 0.2) is 0 Å². The summed E-state index contributed by atoms with van der Waals surface area (Å²) < 4.78 is 1.74. The lowest BCUT2D eigenvalue weighted by molar-refractivity contribution is 0.0948. The molecule has 0 fully saturated rings. The molecule has 0 radical (unpaired) electrons. The number of carbonyl (C=O) groups is 2. The molecule has 0 aliphatic rings. The monoisotopic (exact) mass is 471 g/mol. The molecule has 0 saturated carbocycles. The minimum absolute atomic E-state index is 0.0191. The van der Waals surface area contributed by atoms with Gasteiger partial charge in [-0.3, -0.25) is 14.6 Å². The SMILES string of the molecule is CNC(=O)c1ccc2nccc(C(C)(C)CCNC(=O)c3cnn4ccc(C(C)(C)C)cc34)c2c1. The van der Waals surface area contributed by atoms with Crippen LogP contribution in [-0.2, 0) is 10.8 Å². The Kier molecular flexibility index (Phi) is 6.36. The smallest absolute Gasteiger partial charge is 0.255 e. The summed E-state index contributed by atoms with van der Waals surface area (Å²) in [4.78, 5) is 29.7. The van der Waals surface area contributed by atoms with E-state index in [1.165, 1.54) is 0 Å². The predicted octanol–water partition coefficient (Wildman–Crippen LogP) is 4.64. The van der Waals surface area contributed by atoms with Crippen molar-refractivity contribution in [2.24, 2.45) is 0 Å². The van der Waals surface area contributed by atoms with Crippen molar-refractivity contribution < 1.29 is 9.59 Å². The minimum Gasteiger partial charge on any atom is -0.355 e. The Morgan fingerprint density at radius 3 is 2.49 bits per heavy atom. The van der Waals surface area contributed by atoms with Gasteiger partial charge in [0.1, 0.15) is 0 Å². The molecule has 0 bridgehead atoms. The van der Waals surface area contributed by atoms with E-state index in [0.29, 0.717) is 24.1 Å². The number of nitrogens with zero attached hydrogens (tertiary/aromatic N) is 3. The Labute approximate surface area is 205 Å². The van der Waals surface area contributed by atoms with Crippen LogP contribution in [0.5, 0.6) is 0 Å². The maximum Gasteiger partial charge on any atom is 0.255 e. The second-order valence-electron chi connectivity index (χ2n) is 10.6. The first kappa shape index (κ1) is 24.4. The standard InChI is InChI=1S/C28H33N5O2/c1-27(2,3)19-10-14-33-24(16-19)21(17-32-33)26(35)31-13-11-28(4,5)22-9-12-30-23-8-7-18(15-20(22)23)25(34)29-6/h7-10,12,14-17H,11,13H2,1-6H3,(H,29,34)(H,31,35). The summed E-state index contributed by atoms with van der Waals surface area (Å²) in [5.41, 5.74) is 4.78. The molecule has 1 aromatic carbocycles. The lowest BCUT2D eigenvalue weighted by Crippen LogP contribution is -2.30. The molecule has 7 heteroatoms. The van der Waals surface area contributed by atoms with E-state index in [1.807, 2.05) is 36.5 Å². The van der Waals surface area contributed by atoms with Crippen molar-refractivity contribution >= 4 is 28.2 Å². The van der Waals surface area contributed by atoms with Crippen LogP contribution in [0.4, 0.5) is 0 Å². The van der Waals surface area contributed by atoms with Crippen LogP contribution in [0.25, 0.3) is 16.4 Å². The van der Waals surface area contributed by atoms with Crippen molar-refractivity contribution in [3.8, 4) is 0 Å².